The number of nitrogens with two attached hydrogens (primary N) is 1. The van der Waals surface area contributed by atoms with E-state index in [0.29, 0.717) is 13.0 Å². The van der Waals surface area contributed by atoms with Gasteiger partial charge < -0.3 is 10.5 Å². The molecule has 0 amide bonds. The molecule has 1 fully saturated rings. The number of esters is 1. The highest BCUT2D eigenvalue weighted by molar-refractivity contribution is 5.71. The van der Waals surface area contributed by atoms with Crippen molar-refractivity contribution in [3.63, 3.8) is 0 Å². The number of ether oxygens (including phenoxy) is 1. The van der Waals surface area contributed by atoms with E-state index in [-0.39, 0.29) is 17.9 Å². The molecule has 74 valence electrons. The average molecular weight is 191 g/mol. The Morgan fingerprint density at radius 2 is 2.00 bits per heavy atom. The molecular formula is C11H13NO2. The predicted octanol–water partition coefficient (Wildman–Crippen LogP) is 1.04. The molecule has 1 aromatic carbocycles. The SMILES string of the molecule is N[C@H]1COC(=O)C[C@@H]1c1ccccc1. The first kappa shape index (κ1) is 9.21. The van der Waals surface area contributed by atoms with Crippen LogP contribution in [0.4, 0.5) is 0 Å². The van der Waals surface area contributed by atoms with Crippen molar-refractivity contribution in [2.45, 2.75) is 18.4 Å². The van der Waals surface area contributed by atoms with Gasteiger partial charge >= 0.3 is 5.97 Å². The molecular weight excluding hydrogens is 178 g/mol. The summed E-state index contributed by atoms with van der Waals surface area (Å²) in [6.07, 6.45) is 0.394. The fourth-order valence-electron chi connectivity index (χ4n) is 1.76. The minimum Gasteiger partial charge on any atom is -0.464 e. The number of hydrogen-bond acceptors (Lipinski definition) is 3. The van der Waals surface area contributed by atoms with Crippen LogP contribution in [0.3, 0.4) is 0 Å². The topological polar surface area (TPSA) is 52.3 Å². The van der Waals surface area contributed by atoms with E-state index in [9.17, 15) is 4.79 Å². The Morgan fingerprint density at radius 1 is 1.29 bits per heavy atom. The minimum absolute atomic E-state index is 0.0740. The molecule has 0 saturated carbocycles. The molecule has 1 aromatic rings. The van der Waals surface area contributed by atoms with E-state index >= 15 is 0 Å². The third-order valence-electron chi connectivity index (χ3n) is 2.57. The average Bonchev–Trinajstić information content (AvgIpc) is 2.23. The van der Waals surface area contributed by atoms with Gasteiger partial charge in [-0.1, -0.05) is 30.3 Å². The summed E-state index contributed by atoms with van der Waals surface area (Å²) < 4.78 is 4.88. The van der Waals surface area contributed by atoms with E-state index in [1.807, 2.05) is 30.3 Å². The van der Waals surface area contributed by atoms with Crippen LogP contribution in [0.5, 0.6) is 0 Å². The molecule has 1 aliphatic rings. The zero-order valence-electron chi connectivity index (χ0n) is 7.85. The normalized spacial score (nSPS) is 27.1. The van der Waals surface area contributed by atoms with Crippen LogP contribution >= 0.6 is 0 Å². The van der Waals surface area contributed by atoms with Crippen LogP contribution < -0.4 is 5.73 Å². The van der Waals surface area contributed by atoms with E-state index in [0.717, 1.165) is 5.56 Å². The lowest BCUT2D eigenvalue weighted by Crippen LogP contribution is -2.39. The second kappa shape index (κ2) is 3.80. The van der Waals surface area contributed by atoms with E-state index in [1.165, 1.54) is 0 Å². The van der Waals surface area contributed by atoms with E-state index in [1.54, 1.807) is 0 Å². The summed E-state index contributed by atoms with van der Waals surface area (Å²) in [5, 5.41) is 0. The standard InChI is InChI=1S/C11H13NO2/c12-10-7-14-11(13)6-9(10)8-4-2-1-3-5-8/h1-5,9-10H,6-7,12H2/t9-,10+/m1/s1. The summed E-state index contributed by atoms with van der Waals surface area (Å²) in [6.45, 7) is 0.332. The number of carbonyl (C=O) groups is 1. The van der Waals surface area contributed by atoms with Gasteiger partial charge in [0.25, 0.3) is 0 Å². The first-order chi connectivity index (χ1) is 6.77. The summed E-state index contributed by atoms with van der Waals surface area (Å²) in [5.41, 5.74) is 7.02. The molecule has 2 atom stereocenters. The lowest BCUT2D eigenvalue weighted by Gasteiger charge is -2.27. The molecule has 14 heavy (non-hydrogen) atoms. The second-order valence-electron chi connectivity index (χ2n) is 3.57. The molecule has 1 heterocycles. The summed E-state index contributed by atoms with van der Waals surface area (Å²) in [5.74, 6) is -0.0435. The molecule has 0 aromatic heterocycles. The molecule has 0 bridgehead atoms. The van der Waals surface area contributed by atoms with Crippen molar-refractivity contribution >= 4 is 5.97 Å². The summed E-state index contributed by atoms with van der Waals surface area (Å²) in [6, 6.07) is 9.81. The van der Waals surface area contributed by atoms with Crippen molar-refractivity contribution in [2.24, 2.45) is 5.73 Å². The molecule has 2 rings (SSSR count). The smallest absolute Gasteiger partial charge is 0.306 e. The van der Waals surface area contributed by atoms with Crippen LogP contribution in [0.2, 0.25) is 0 Å². The number of benzene rings is 1. The lowest BCUT2D eigenvalue weighted by molar-refractivity contribution is -0.148. The quantitative estimate of drug-likeness (QED) is 0.675. The highest BCUT2D eigenvalue weighted by atomic mass is 16.5. The summed E-state index contributed by atoms with van der Waals surface area (Å²) in [7, 11) is 0. The first-order valence-electron chi connectivity index (χ1n) is 4.73. The fourth-order valence-corrected chi connectivity index (χ4v) is 1.76. The van der Waals surface area contributed by atoms with Crippen LogP contribution in [0.15, 0.2) is 30.3 Å². The molecule has 0 spiro atoms. The lowest BCUT2D eigenvalue weighted by atomic mass is 9.88. The van der Waals surface area contributed by atoms with Crippen LogP contribution in [0.25, 0.3) is 0 Å². The second-order valence-corrected chi connectivity index (χ2v) is 3.57. The third-order valence-corrected chi connectivity index (χ3v) is 2.57. The maximum atomic E-state index is 11.1. The third kappa shape index (κ3) is 1.77. The number of hydrogen-bond donors (Lipinski definition) is 1. The maximum Gasteiger partial charge on any atom is 0.306 e. The molecule has 0 unspecified atom stereocenters. The van der Waals surface area contributed by atoms with Gasteiger partial charge in [-0.3, -0.25) is 4.79 Å². The van der Waals surface area contributed by atoms with Crippen LogP contribution in [0, 0.1) is 0 Å². The maximum absolute atomic E-state index is 11.1. The Morgan fingerprint density at radius 3 is 2.71 bits per heavy atom. The molecule has 1 saturated heterocycles. The van der Waals surface area contributed by atoms with Gasteiger partial charge in [0.1, 0.15) is 6.61 Å². The van der Waals surface area contributed by atoms with Gasteiger partial charge in [-0.25, -0.2) is 0 Å². The van der Waals surface area contributed by atoms with Gasteiger partial charge in [0.2, 0.25) is 0 Å². The van der Waals surface area contributed by atoms with E-state index in [2.05, 4.69) is 0 Å². The Labute approximate surface area is 82.9 Å². The molecule has 1 aliphatic heterocycles. The Kier molecular flexibility index (Phi) is 2.50. The fraction of sp³-hybridized carbons (Fsp3) is 0.364. The van der Waals surface area contributed by atoms with Crippen molar-refractivity contribution in [1.29, 1.82) is 0 Å². The van der Waals surface area contributed by atoms with Crippen molar-refractivity contribution in [3.05, 3.63) is 35.9 Å². The Balaban J connectivity index is 2.20. The van der Waals surface area contributed by atoms with Gasteiger partial charge in [-0.2, -0.15) is 0 Å². The monoisotopic (exact) mass is 191 g/mol. The van der Waals surface area contributed by atoms with Gasteiger partial charge in [0, 0.05) is 12.0 Å². The predicted molar refractivity (Wildman–Crippen MR) is 52.7 cm³/mol. The van der Waals surface area contributed by atoms with Gasteiger partial charge in [0.15, 0.2) is 0 Å². The largest absolute Gasteiger partial charge is 0.464 e. The number of rotatable bonds is 1. The van der Waals surface area contributed by atoms with Crippen molar-refractivity contribution in [2.75, 3.05) is 6.61 Å². The molecule has 0 aliphatic carbocycles. The summed E-state index contributed by atoms with van der Waals surface area (Å²) in [4.78, 5) is 11.1. The zero-order valence-corrected chi connectivity index (χ0v) is 7.85. The molecule has 0 radical (unpaired) electrons. The van der Waals surface area contributed by atoms with Crippen LogP contribution in [0.1, 0.15) is 17.9 Å². The summed E-state index contributed by atoms with van der Waals surface area (Å²) >= 11 is 0. The van der Waals surface area contributed by atoms with Gasteiger partial charge in [0.05, 0.1) is 6.42 Å². The molecule has 3 nitrogen and oxygen atoms in total. The number of cyclic esters (lactones) is 1. The molecule has 2 N–H and O–H groups in total. The van der Waals surface area contributed by atoms with E-state index in [4.69, 9.17) is 10.5 Å². The first-order valence-corrected chi connectivity index (χ1v) is 4.73. The van der Waals surface area contributed by atoms with Crippen molar-refractivity contribution in [3.8, 4) is 0 Å². The minimum atomic E-state index is -0.152. The highest BCUT2D eigenvalue weighted by Crippen LogP contribution is 2.26. The van der Waals surface area contributed by atoms with Gasteiger partial charge in [-0.05, 0) is 5.56 Å². The zero-order chi connectivity index (χ0) is 9.97. The van der Waals surface area contributed by atoms with Crippen LogP contribution in [-0.4, -0.2) is 18.6 Å². The van der Waals surface area contributed by atoms with Gasteiger partial charge in [-0.15, -0.1) is 0 Å². The van der Waals surface area contributed by atoms with E-state index < -0.39 is 0 Å². The molecule has 3 heteroatoms. The Hall–Kier alpha value is -1.35. The Bertz CT molecular complexity index is 323. The highest BCUT2D eigenvalue weighted by Gasteiger charge is 2.28. The van der Waals surface area contributed by atoms with Crippen LogP contribution in [-0.2, 0) is 9.53 Å². The van der Waals surface area contributed by atoms with Crippen molar-refractivity contribution in [1.82, 2.24) is 0 Å². The van der Waals surface area contributed by atoms with Crippen molar-refractivity contribution < 1.29 is 9.53 Å². The number of carbonyl (C=O) groups excluding carboxylic acids is 1.